The van der Waals surface area contributed by atoms with Gasteiger partial charge in [-0.15, -0.1) is 12.4 Å². The van der Waals surface area contributed by atoms with Gasteiger partial charge >= 0.3 is 0 Å². The number of hydrogen-bond acceptors (Lipinski definition) is 6. The molecular formula is C22H28Cl2N4O3S. The molecule has 1 aliphatic rings. The second kappa shape index (κ2) is 12.2. The highest BCUT2D eigenvalue weighted by Crippen LogP contribution is 2.21. The summed E-state index contributed by atoms with van der Waals surface area (Å²) >= 11 is 5.96. The average Bonchev–Trinajstić information content (AvgIpc) is 3.30. The molecule has 10 heteroatoms. The van der Waals surface area contributed by atoms with Crippen LogP contribution < -0.4 is 10.6 Å². The van der Waals surface area contributed by atoms with Gasteiger partial charge in [-0.1, -0.05) is 48.0 Å². The fourth-order valence-electron chi connectivity index (χ4n) is 3.21. The van der Waals surface area contributed by atoms with Gasteiger partial charge in [0.05, 0.1) is 16.5 Å². The van der Waals surface area contributed by atoms with E-state index in [2.05, 4.69) is 27.8 Å². The summed E-state index contributed by atoms with van der Waals surface area (Å²) in [6.45, 7) is 2.56. The highest BCUT2D eigenvalue weighted by Gasteiger charge is 2.17. The largest absolute Gasteiger partial charge is 0.368 e. The van der Waals surface area contributed by atoms with Crippen molar-refractivity contribution < 1.29 is 13.2 Å². The van der Waals surface area contributed by atoms with E-state index in [9.17, 15) is 13.2 Å². The monoisotopic (exact) mass is 498 g/mol. The lowest BCUT2D eigenvalue weighted by molar-refractivity contribution is -0.129. The molecule has 0 saturated carbocycles. The molecule has 0 saturated heterocycles. The Kier molecular flexibility index (Phi) is 9.96. The van der Waals surface area contributed by atoms with Crippen LogP contribution in [0.4, 0.5) is 0 Å². The molecule has 32 heavy (non-hydrogen) atoms. The zero-order valence-electron chi connectivity index (χ0n) is 17.9. The SMILES string of the molecule is CN(CCc1ccc(C2=NCCN2)cc1)C(=O)CCNCS(=O)(=O)c1ccccc1Cl.Cl. The molecule has 0 aliphatic carbocycles. The van der Waals surface area contributed by atoms with E-state index in [1.165, 1.54) is 6.07 Å². The number of likely N-dealkylation sites (N-methyl/N-ethyl adjacent to an activating group) is 1. The van der Waals surface area contributed by atoms with Gasteiger partial charge in [-0.05, 0) is 24.1 Å². The first-order valence-electron chi connectivity index (χ1n) is 10.2. The Morgan fingerprint density at radius 1 is 1.19 bits per heavy atom. The van der Waals surface area contributed by atoms with Crippen molar-refractivity contribution >= 4 is 45.6 Å². The number of amides is 1. The number of nitrogens with one attached hydrogen (secondary N) is 2. The van der Waals surface area contributed by atoms with Crippen LogP contribution in [0.3, 0.4) is 0 Å². The van der Waals surface area contributed by atoms with Crippen LogP contribution in [0.2, 0.25) is 5.02 Å². The predicted octanol–water partition coefficient (Wildman–Crippen LogP) is 2.52. The van der Waals surface area contributed by atoms with Crippen LogP contribution in [0.5, 0.6) is 0 Å². The number of aliphatic imine (C=N–C) groups is 1. The minimum atomic E-state index is -3.55. The summed E-state index contributed by atoms with van der Waals surface area (Å²) in [5.41, 5.74) is 2.22. The molecule has 0 atom stereocenters. The van der Waals surface area contributed by atoms with Crippen molar-refractivity contribution in [3.8, 4) is 0 Å². The van der Waals surface area contributed by atoms with Gasteiger partial charge in [-0.3, -0.25) is 9.79 Å². The molecule has 0 unspecified atom stereocenters. The van der Waals surface area contributed by atoms with Crippen LogP contribution in [0.1, 0.15) is 17.5 Å². The smallest absolute Gasteiger partial charge is 0.223 e. The maximum Gasteiger partial charge on any atom is 0.223 e. The Balaban J connectivity index is 0.00000363. The van der Waals surface area contributed by atoms with Crippen molar-refractivity contribution in [1.82, 2.24) is 15.5 Å². The minimum Gasteiger partial charge on any atom is -0.368 e. The number of carbonyl (C=O) groups excluding carboxylic acids is 1. The molecule has 0 radical (unpaired) electrons. The molecule has 0 bridgehead atoms. The third-order valence-corrected chi connectivity index (χ3v) is 7.09. The molecule has 0 spiro atoms. The molecule has 1 amide bonds. The Bertz CT molecular complexity index is 1040. The molecule has 174 valence electrons. The third-order valence-electron chi connectivity index (χ3n) is 5.04. The van der Waals surface area contributed by atoms with Gasteiger partial charge in [-0.2, -0.15) is 0 Å². The van der Waals surface area contributed by atoms with Gasteiger partial charge in [0, 0.05) is 38.7 Å². The summed E-state index contributed by atoms with van der Waals surface area (Å²) < 4.78 is 24.7. The van der Waals surface area contributed by atoms with E-state index in [0.717, 1.165) is 36.5 Å². The van der Waals surface area contributed by atoms with Crippen LogP contribution >= 0.6 is 24.0 Å². The zero-order valence-corrected chi connectivity index (χ0v) is 20.3. The van der Waals surface area contributed by atoms with E-state index in [1.54, 1.807) is 30.1 Å². The highest BCUT2D eigenvalue weighted by atomic mass is 35.5. The molecule has 0 fully saturated rings. The maximum absolute atomic E-state index is 12.3. The van der Waals surface area contributed by atoms with Gasteiger partial charge in [0.1, 0.15) is 11.7 Å². The Hall–Kier alpha value is -2.13. The number of hydrogen-bond donors (Lipinski definition) is 2. The molecule has 7 nitrogen and oxygen atoms in total. The van der Waals surface area contributed by atoms with E-state index < -0.39 is 9.84 Å². The molecule has 2 aromatic rings. The average molecular weight is 499 g/mol. The van der Waals surface area contributed by atoms with Crippen LogP contribution in [0.15, 0.2) is 58.4 Å². The number of carbonyl (C=O) groups is 1. The first-order valence-corrected chi connectivity index (χ1v) is 12.2. The lowest BCUT2D eigenvalue weighted by Crippen LogP contribution is -2.33. The number of nitrogens with zero attached hydrogens (tertiary/aromatic N) is 2. The van der Waals surface area contributed by atoms with Crippen molar-refractivity contribution in [3.63, 3.8) is 0 Å². The first kappa shape index (κ1) is 26.1. The molecule has 3 rings (SSSR count). The predicted molar refractivity (Wildman–Crippen MR) is 131 cm³/mol. The van der Waals surface area contributed by atoms with Gasteiger partial charge < -0.3 is 15.5 Å². The van der Waals surface area contributed by atoms with E-state index in [-0.39, 0.29) is 47.1 Å². The maximum atomic E-state index is 12.3. The number of sulfone groups is 1. The van der Waals surface area contributed by atoms with Crippen molar-refractivity contribution in [3.05, 3.63) is 64.7 Å². The fourth-order valence-corrected chi connectivity index (χ4v) is 4.92. The van der Waals surface area contributed by atoms with Crippen molar-refractivity contribution in [2.45, 2.75) is 17.7 Å². The number of benzene rings is 2. The Labute approximate surface area is 200 Å². The summed E-state index contributed by atoms with van der Waals surface area (Å²) in [6.07, 6.45) is 0.968. The number of rotatable bonds is 10. The quantitative estimate of drug-likeness (QED) is 0.491. The molecule has 2 N–H and O–H groups in total. The second-order valence-corrected chi connectivity index (χ2v) is 9.72. The zero-order chi connectivity index (χ0) is 22.3. The van der Waals surface area contributed by atoms with Crippen molar-refractivity contribution in [1.29, 1.82) is 0 Å². The fraction of sp³-hybridized carbons (Fsp3) is 0.364. The Morgan fingerprint density at radius 3 is 2.56 bits per heavy atom. The molecule has 1 aliphatic heterocycles. The van der Waals surface area contributed by atoms with Crippen LogP contribution in [0.25, 0.3) is 0 Å². The van der Waals surface area contributed by atoms with Gasteiger partial charge in [0.15, 0.2) is 9.84 Å². The summed E-state index contributed by atoms with van der Waals surface area (Å²) in [6, 6.07) is 14.5. The van der Waals surface area contributed by atoms with Gasteiger partial charge in [0.25, 0.3) is 0 Å². The van der Waals surface area contributed by atoms with Gasteiger partial charge in [0.2, 0.25) is 5.91 Å². The van der Waals surface area contributed by atoms with Gasteiger partial charge in [-0.25, -0.2) is 8.42 Å². The van der Waals surface area contributed by atoms with E-state index in [1.807, 2.05) is 12.1 Å². The summed E-state index contributed by atoms with van der Waals surface area (Å²) in [7, 11) is -1.79. The normalized spacial score (nSPS) is 13.1. The van der Waals surface area contributed by atoms with Crippen LogP contribution in [-0.4, -0.2) is 64.2 Å². The van der Waals surface area contributed by atoms with E-state index in [0.29, 0.717) is 6.54 Å². The van der Waals surface area contributed by atoms with Crippen LogP contribution in [-0.2, 0) is 21.1 Å². The van der Waals surface area contributed by atoms with Crippen LogP contribution in [0, 0.1) is 0 Å². The first-order chi connectivity index (χ1) is 14.9. The summed E-state index contributed by atoms with van der Waals surface area (Å²) in [5, 5.41) is 6.28. The van der Waals surface area contributed by atoms with E-state index in [4.69, 9.17) is 11.6 Å². The standard InChI is InChI=1S/C22H27ClN4O3S.ClH/c1-27(15-11-17-6-8-18(9-7-17)22-25-13-14-26-22)21(28)10-12-24-16-31(29,30)20-5-3-2-4-19(20)23;/h2-9,24H,10-16H2,1H3,(H,25,26);1H. The van der Waals surface area contributed by atoms with Crippen molar-refractivity contribution in [2.24, 2.45) is 4.99 Å². The Morgan fingerprint density at radius 2 is 1.91 bits per heavy atom. The topological polar surface area (TPSA) is 90.9 Å². The molecular weight excluding hydrogens is 471 g/mol. The lowest BCUT2D eigenvalue weighted by Gasteiger charge is -2.17. The van der Waals surface area contributed by atoms with E-state index >= 15 is 0 Å². The molecule has 1 heterocycles. The lowest BCUT2D eigenvalue weighted by atomic mass is 10.1. The number of amidine groups is 1. The summed E-state index contributed by atoms with van der Waals surface area (Å²) in [5.74, 6) is 0.631. The number of halogens is 2. The second-order valence-electron chi connectivity index (χ2n) is 7.36. The minimum absolute atomic E-state index is 0. The molecule has 2 aromatic carbocycles. The third kappa shape index (κ3) is 7.20. The highest BCUT2D eigenvalue weighted by molar-refractivity contribution is 7.91. The summed E-state index contributed by atoms with van der Waals surface area (Å²) in [4.78, 5) is 18.5. The van der Waals surface area contributed by atoms with Crippen molar-refractivity contribution in [2.75, 3.05) is 39.1 Å². The molecule has 0 aromatic heterocycles.